The van der Waals surface area contributed by atoms with E-state index in [1.54, 1.807) is 24.3 Å². The van der Waals surface area contributed by atoms with Crippen molar-refractivity contribution in [3.8, 4) is 0 Å². The molecule has 12 nitrogen and oxygen atoms in total. The summed E-state index contributed by atoms with van der Waals surface area (Å²) in [6.45, 7) is 5.82. The molecule has 0 aromatic heterocycles. The zero-order valence-electron chi connectivity index (χ0n) is 25.5. The third-order valence-electron chi connectivity index (χ3n) is 7.84. The molecule has 1 heterocycles. The van der Waals surface area contributed by atoms with E-state index >= 15 is 0 Å². The van der Waals surface area contributed by atoms with Crippen LogP contribution in [0.2, 0.25) is 0 Å². The Hall–Kier alpha value is -3.67. The lowest BCUT2D eigenvalue weighted by Crippen LogP contribution is -2.59. The summed E-state index contributed by atoms with van der Waals surface area (Å²) < 4.78 is 5.21. The number of nitrogens with one attached hydrogen (secondary N) is 3. The number of carbonyl (C=O) groups excluding carboxylic acids is 5. The number of alkyl carbamates (subject to hydrolysis) is 1. The van der Waals surface area contributed by atoms with Crippen LogP contribution in [0.4, 0.5) is 4.79 Å². The summed E-state index contributed by atoms with van der Waals surface area (Å²) in [6.07, 6.45) is 3.25. The first-order valence-electron chi connectivity index (χ1n) is 15.2. The van der Waals surface area contributed by atoms with Crippen LogP contribution in [0.1, 0.15) is 84.1 Å². The van der Waals surface area contributed by atoms with Gasteiger partial charge in [0.05, 0.1) is 12.5 Å². The Kier molecular flexibility index (Phi) is 12.4. The lowest BCUT2D eigenvalue weighted by Gasteiger charge is -2.34. The second-order valence-electron chi connectivity index (χ2n) is 12.7. The van der Waals surface area contributed by atoms with E-state index in [-0.39, 0.29) is 18.4 Å². The van der Waals surface area contributed by atoms with Crippen LogP contribution in [-0.4, -0.2) is 76.0 Å². The Labute approximate surface area is 253 Å². The highest BCUT2D eigenvalue weighted by atomic mass is 16.5. The third-order valence-corrected chi connectivity index (χ3v) is 7.84. The molecular weight excluding hydrogens is 554 g/mol. The number of ether oxygens (including phenoxy) is 1. The molecule has 1 aromatic rings. The smallest absolute Gasteiger partial charge is 0.408 e. The highest BCUT2D eigenvalue weighted by Gasteiger charge is 2.41. The summed E-state index contributed by atoms with van der Waals surface area (Å²) in [4.78, 5) is 65.7. The Morgan fingerprint density at radius 2 is 1.67 bits per heavy atom. The van der Waals surface area contributed by atoms with Crippen molar-refractivity contribution in [1.29, 1.82) is 0 Å². The van der Waals surface area contributed by atoms with Gasteiger partial charge in [0.15, 0.2) is 6.10 Å². The first-order valence-corrected chi connectivity index (χ1v) is 15.2. The van der Waals surface area contributed by atoms with Crippen molar-refractivity contribution in [2.75, 3.05) is 6.54 Å². The molecule has 2 fully saturated rings. The molecule has 0 bridgehead atoms. The van der Waals surface area contributed by atoms with Gasteiger partial charge in [-0.25, -0.2) is 4.79 Å². The number of amides is 5. The Bertz CT molecular complexity index is 1120. The highest BCUT2D eigenvalue weighted by molar-refractivity contribution is 5.93. The van der Waals surface area contributed by atoms with Gasteiger partial charge in [-0.15, -0.1) is 0 Å². The van der Waals surface area contributed by atoms with Gasteiger partial charge in [-0.05, 0) is 51.5 Å². The SMILES string of the molecule is CC(C)(C)NC(=O)[C@@H]1CCCN1C(=O)[C@@H](O)[C@H](CC1CCCCC1)NC(=O)[C@H](CC(N)=O)NC(=O)OCc1ccccc1. The summed E-state index contributed by atoms with van der Waals surface area (Å²) in [5.74, 6) is -2.37. The molecule has 0 unspecified atom stereocenters. The molecule has 1 saturated carbocycles. The van der Waals surface area contributed by atoms with Gasteiger partial charge in [-0.3, -0.25) is 19.2 Å². The van der Waals surface area contributed by atoms with E-state index in [4.69, 9.17) is 10.5 Å². The van der Waals surface area contributed by atoms with Crippen LogP contribution < -0.4 is 21.7 Å². The zero-order chi connectivity index (χ0) is 31.6. The van der Waals surface area contributed by atoms with Crippen LogP contribution in [0.5, 0.6) is 0 Å². The van der Waals surface area contributed by atoms with Crippen LogP contribution in [0.3, 0.4) is 0 Å². The molecule has 1 saturated heterocycles. The molecule has 5 amide bonds. The average molecular weight is 602 g/mol. The summed E-state index contributed by atoms with van der Waals surface area (Å²) >= 11 is 0. The first kappa shape index (κ1) is 33.8. The summed E-state index contributed by atoms with van der Waals surface area (Å²) in [7, 11) is 0. The first-order chi connectivity index (χ1) is 20.3. The minimum absolute atomic E-state index is 0.0467. The second kappa shape index (κ2) is 15.7. The molecule has 12 heteroatoms. The fourth-order valence-corrected chi connectivity index (χ4v) is 5.75. The Morgan fingerprint density at radius 3 is 2.30 bits per heavy atom. The van der Waals surface area contributed by atoms with Crippen molar-refractivity contribution < 1.29 is 33.8 Å². The van der Waals surface area contributed by atoms with E-state index in [0.29, 0.717) is 25.8 Å². The molecular formula is C31H47N5O7. The number of aliphatic hydroxyl groups is 1. The summed E-state index contributed by atoms with van der Waals surface area (Å²) in [5.41, 5.74) is 5.62. The van der Waals surface area contributed by atoms with E-state index < -0.39 is 60.0 Å². The number of benzene rings is 1. The van der Waals surface area contributed by atoms with Crippen LogP contribution in [0, 0.1) is 5.92 Å². The molecule has 4 atom stereocenters. The topological polar surface area (TPSA) is 180 Å². The summed E-state index contributed by atoms with van der Waals surface area (Å²) in [5, 5.41) is 19.4. The average Bonchev–Trinajstić information content (AvgIpc) is 3.45. The number of likely N-dealkylation sites (tertiary alicyclic amines) is 1. The zero-order valence-corrected chi connectivity index (χ0v) is 25.5. The highest BCUT2D eigenvalue weighted by Crippen LogP contribution is 2.29. The van der Waals surface area contributed by atoms with Crippen LogP contribution in [0.15, 0.2) is 30.3 Å². The molecule has 3 rings (SSSR count). The molecule has 43 heavy (non-hydrogen) atoms. The lowest BCUT2D eigenvalue weighted by molar-refractivity contribution is -0.147. The predicted octanol–water partition coefficient (Wildman–Crippen LogP) is 1.88. The number of primary amides is 1. The Morgan fingerprint density at radius 1 is 1.00 bits per heavy atom. The van der Waals surface area contributed by atoms with Crippen molar-refractivity contribution in [3.63, 3.8) is 0 Å². The fourth-order valence-electron chi connectivity index (χ4n) is 5.75. The molecule has 1 aliphatic heterocycles. The predicted molar refractivity (Wildman–Crippen MR) is 159 cm³/mol. The quantitative estimate of drug-likeness (QED) is 0.243. The van der Waals surface area contributed by atoms with Gasteiger partial charge < -0.3 is 36.4 Å². The van der Waals surface area contributed by atoms with Crippen LogP contribution in [0.25, 0.3) is 0 Å². The second-order valence-corrected chi connectivity index (χ2v) is 12.7. The van der Waals surface area contributed by atoms with E-state index in [0.717, 1.165) is 37.7 Å². The molecule has 6 N–H and O–H groups in total. The number of hydrogen-bond donors (Lipinski definition) is 5. The number of aliphatic hydroxyl groups excluding tert-OH is 1. The maximum atomic E-state index is 13.6. The van der Waals surface area contributed by atoms with Gasteiger partial charge in [-0.1, -0.05) is 62.4 Å². The minimum Gasteiger partial charge on any atom is -0.445 e. The Balaban J connectivity index is 1.73. The van der Waals surface area contributed by atoms with E-state index in [1.165, 1.54) is 4.90 Å². The van der Waals surface area contributed by atoms with Crippen LogP contribution >= 0.6 is 0 Å². The van der Waals surface area contributed by atoms with E-state index in [2.05, 4.69) is 16.0 Å². The number of hydrogen-bond acceptors (Lipinski definition) is 7. The molecule has 1 aromatic carbocycles. The van der Waals surface area contributed by atoms with Crippen molar-refractivity contribution in [1.82, 2.24) is 20.9 Å². The minimum atomic E-state index is -1.63. The fraction of sp³-hybridized carbons (Fsp3) is 0.645. The van der Waals surface area contributed by atoms with E-state index in [1.807, 2.05) is 26.8 Å². The van der Waals surface area contributed by atoms with Crippen molar-refractivity contribution in [2.45, 2.75) is 115 Å². The summed E-state index contributed by atoms with van der Waals surface area (Å²) in [6, 6.07) is 5.84. The van der Waals surface area contributed by atoms with Crippen molar-refractivity contribution >= 4 is 29.7 Å². The molecule has 0 spiro atoms. The van der Waals surface area contributed by atoms with Gasteiger partial charge in [0.1, 0.15) is 18.7 Å². The normalized spacial score (nSPS) is 19.5. The van der Waals surface area contributed by atoms with Gasteiger partial charge in [0, 0.05) is 12.1 Å². The standard InChI is InChI=1S/C31H47N5O7/c1-31(2,3)35-28(40)24-15-10-16-36(24)29(41)26(38)22(17-20-11-6-4-7-12-20)33-27(39)23(18-25(32)37)34-30(42)43-19-21-13-8-5-9-14-21/h5,8-9,13-14,20,22-24,26,38H,4,6-7,10-12,15-19H2,1-3H3,(H2,32,37)(H,33,39)(H,34,42)(H,35,40)/t22-,23-,24-,26-/m0/s1. The molecule has 0 radical (unpaired) electrons. The monoisotopic (exact) mass is 601 g/mol. The van der Waals surface area contributed by atoms with Gasteiger partial charge in [-0.2, -0.15) is 0 Å². The van der Waals surface area contributed by atoms with E-state index in [9.17, 15) is 29.1 Å². The molecule has 238 valence electrons. The number of nitrogens with zero attached hydrogens (tertiary/aromatic N) is 1. The van der Waals surface area contributed by atoms with Gasteiger partial charge in [0.2, 0.25) is 17.7 Å². The largest absolute Gasteiger partial charge is 0.445 e. The number of carbonyl (C=O) groups is 5. The van der Waals surface area contributed by atoms with Gasteiger partial charge in [0.25, 0.3) is 5.91 Å². The number of nitrogens with two attached hydrogens (primary N) is 1. The van der Waals surface area contributed by atoms with Gasteiger partial charge >= 0.3 is 6.09 Å². The lowest BCUT2D eigenvalue weighted by atomic mass is 9.83. The molecule has 2 aliphatic rings. The maximum absolute atomic E-state index is 13.6. The van der Waals surface area contributed by atoms with Crippen molar-refractivity contribution in [2.24, 2.45) is 11.7 Å². The van der Waals surface area contributed by atoms with Crippen molar-refractivity contribution in [3.05, 3.63) is 35.9 Å². The van der Waals surface area contributed by atoms with Crippen LogP contribution in [-0.2, 0) is 30.5 Å². The maximum Gasteiger partial charge on any atom is 0.408 e. The third kappa shape index (κ3) is 10.8. The number of rotatable bonds is 12. The molecule has 1 aliphatic carbocycles.